The Morgan fingerprint density at radius 2 is 1.79 bits per heavy atom. The van der Waals surface area contributed by atoms with Crippen molar-refractivity contribution in [2.24, 2.45) is 0 Å². The number of rotatable bonds is 9. The van der Waals surface area contributed by atoms with Gasteiger partial charge in [-0.3, -0.25) is 4.98 Å². The van der Waals surface area contributed by atoms with Crippen LogP contribution in [0.15, 0.2) is 42.6 Å². The van der Waals surface area contributed by atoms with Crippen molar-refractivity contribution in [1.29, 1.82) is 0 Å². The second kappa shape index (κ2) is 9.70. The number of fused-ring (bicyclic) bond motifs is 1. The number of ether oxygens (including phenoxy) is 2. The molecule has 2 aromatic carbocycles. The highest BCUT2D eigenvalue weighted by Gasteiger charge is 2.13. The minimum atomic E-state index is -0.380. The maximum Gasteiger partial charge on any atom is 0.165 e. The number of benzene rings is 2. The van der Waals surface area contributed by atoms with Crippen LogP contribution in [0.1, 0.15) is 31.4 Å². The van der Waals surface area contributed by atoms with Gasteiger partial charge in [0, 0.05) is 11.6 Å². The molecule has 0 aliphatic carbocycles. The molecule has 0 amide bonds. The van der Waals surface area contributed by atoms with E-state index in [2.05, 4.69) is 29.8 Å². The number of halogens is 1. The maximum atomic E-state index is 14.2. The highest BCUT2D eigenvalue weighted by Crippen LogP contribution is 2.34. The number of methoxy groups -OCH3 is 1. The van der Waals surface area contributed by atoms with E-state index in [1.54, 1.807) is 25.4 Å². The van der Waals surface area contributed by atoms with Gasteiger partial charge in [-0.2, -0.15) is 0 Å². The molecule has 5 heteroatoms. The second-order valence-corrected chi connectivity index (χ2v) is 7.16. The summed E-state index contributed by atoms with van der Waals surface area (Å²) in [6, 6.07) is 10.7. The van der Waals surface area contributed by atoms with Crippen molar-refractivity contribution in [2.75, 3.05) is 26.7 Å². The average Bonchev–Trinajstić information content (AvgIpc) is 2.72. The van der Waals surface area contributed by atoms with Gasteiger partial charge in [0.05, 0.1) is 12.6 Å². The van der Waals surface area contributed by atoms with E-state index in [1.807, 2.05) is 19.1 Å². The Hall–Kier alpha value is -2.66. The SMILES string of the molecule is CCN(CC)CCCc1cc2nccc(Oc3ccc(C)cc3F)c2cc1OC. The molecule has 0 radical (unpaired) electrons. The first kappa shape index (κ1) is 21.1. The number of nitrogens with zero attached hydrogens (tertiary/aromatic N) is 2. The topological polar surface area (TPSA) is 34.6 Å². The van der Waals surface area contributed by atoms with Gasteiger partial charge in [-0.15, -0.1) is 0 Å². The smallest absolute Gasteiger partial charge is 0.165 e. The second-order valence-electron chi connectivity index (χ2n) is 7.16. The fourth-order valence-corrected chi connectivity index (χ4v) is 3.51. The number of aromatic nitrogens is 1. The molecule has 3 aromatic rings. The number of pyridine rings is 1. The Kier molecular flexibility index (Phi) is 7.04. The average molecular weight is 397 g/mol. The number of hydrogen-bond acceptors (Lipinski definition) is 4. The Balaban J connectivity index is 1.88. The lowest BCUT2D eigenvalue weighted by molar-refractivity contribution is 0.299. The van der Waals surface area contributed by atoms with Crippen LogP contribution < -0.4 is 9.47 Å². The molecule has 0 bridgehead atoms. The zero-order valence-corrected chi connectivity index (χ0v) is 17.7. The first-order valence-electron chi connectivity index (χ1n) is 10.2. The van der Waals surface area contributed by atoms with Crippen LogP contribution in [0.25, 0.3) is 10.9 Å². The van der Waals surface area contributed by atoms with E-state index in [4.69, 9.17) is 9.47 Å². The van der Waals surface area contributed by atoms with E-state index in [-0.39, 0.29) is 11.6 Å². The first-order valence-corrected chi connectivity index (χ1v) is 10.2. The van der Waals surface area contributed by atoms with Gasteiger partial charge in [0.25, 0.3) is 0 Å². The summed E-state index contributed by atoms with van der Waals surface area (Å²) < 4.78 is 25.8. The van der Waals surface area contributed by atoms with Crippen molar-refractivity contribution in [3.8, 4) is 17.2 Å². The van der Waals surface area contributed by atoms with E-state index >= 15 is 0 Å². The van der Waals surface area contributed by atoms with Gasteiger partial charge in [-0.05, 0) is 80.9 Å². The number of hydrogen-bond donors (Lipinski definition) is 0. The zero-order valence-electron chi connectivity index (χ0n) is 17.7. The summed E-state index contributed by atoms with van der Waals surface area (Å²) in [5.41, 5.74) is 2.79. The van der Waals surface area contributed by atoms with Crippen molar-refractivity contribution in [3.63, 3.8) is 0 Å². The van der Waals surface area contributed by atoms with E-state index in [0.717, 1.165) is 60.3 Å². The molecular formula is C24H29FN2O2. The summed E-state index contributed by atoms with van der Waals surface area (Å²) in [5, 5.41) is 0.803. The third-order valence-electron chi connectivity index (χ3n) is 5.23. The minimum Gasteiger partial charge on any atom is -0.496 e. The van der Waals surface area contributed by atoms with Gasteiger partial charge in [0.15, 0.2) is 11.6 Å². The highest BCUT2D eigenvalue weighted by molar-refractivity contribution is 5.87. The molecule has 0 aliphatic heterocycles. The third-order valence-corrected chi connectivity index (χ3v) is 5.23. The minimum absolute atomic E-state index is 0.199. The van der Waals surface area contributed by atoms with Gasteiger partial charge in [-0.25, -0.2) is 4.39 Å². The van der Waals surface area contributed by atoms with E-state index in [1.165, 1.54) is 6.07 Å². The summed E-state index contributed by atoms with van der Waals surface area (Å²) in [4.78, 5) is 6.90. The van der Waals surface area contributed by atoms with Gasteiger partial charge in [-0.1, -0.05) is 19.9 Å². The van der Waals surface area contributed by atoms with Gasteiger partial charge in [0.1, 0.15) is 11.5 Å². The first-order chi connectivity index (χ1) is 14.0. The lowest BCUT2D eigenvalue weighted by Crippen LogP contribution is -2.24. The Bertz CT molecular complexity index is 970. The lowest BCUT2D eigenvalue weighted by atomic mass is 10.0. The Morgan fingerprint density at radius 1 is 1.00 bits per heavy atom. The molecule has 0 fully saturated rings. The monoisotopic (exact) mass is 396 g/mol. The van der Waals surface area contributed by atoms with Crippen LogP contribution >= 0.6 is 0 Å². The molecular weight excluding hydrogens is 367 g/mol. The largest absolute Gasteiger partial charge is 0.496 e. The highest BCUT2D eigenvalue weighted by atomic mass is 19.1. The predicted octanol–water partition coefficient (Wildman–Crippen LogP) is 5.76. The van der Waals surface area contributed by atoms with Crippen LogP contribution in [0.2, 0.25) is 0 Å². The molecule has 29 heavy (non-hydrogen) atoms. The van der Waals surface area contributed by atoms with Crippen molar-refractivity contribution >= 4 is 10.9 Å². The molecule has 0 unspecified atom stereocenters. The number of aryl methyl sites for hydroxylation is 2. The molecule has 3 rings (SSSR count). The fraction of sp³-hybridized carbons (Fsp3) is 0.375. The molecule has 0 saturated carbocycles. The molecule has 4 nitrogen and oxygen atoms in total. The maximum absolute atomic E-state index is 14.2. The third kappa shape index (κ3) is 5.04. The molecule has 0 aliphatic rings. The van der Waals surface area contributed by atoms with E-state index < -0.39 is 0 Å². The summed E-state index contributed by atoms with van der Waals surface area (Å²) >= 11 is 0. The lowest BCUT2D eigenvalue weighted by Gasteiger charge is -2.18. The van der Waals surface area contributed by atoms with Crippen molar-refractivity contribution in [3.05, 3.63) is 59.5 Å². The van der Waals surface area contributed by atoms with Crippen LogP contribution in [0, 0.1) is 12.7 Å². The fourth-order valence-electron chi connectivity index (χ4n) is 3.51. The molecule has 0 saturated heterocycles. The molecule has 1 aromatic heterocycles. The van der Waals surface area contributed by atoms with Crippen LogP contribution in [0.3, 0.4) is 0 Å². The van der Waals surface area contributed by atoms with Gasteiger partial charge < -0.3 is 14.4 Å². The molecule has 0 atom stereocenters. The molecule has 0 N–H and O–H groups in total. The Morgan fingerprint density at radius 3 is 2.48 bits per heavy atom. The summed E-state index contributed by atoms with van der Waals surface area (Å²) in [6.07, 6.45) is 3.65. The zero-order chi connectivity index (χ0) is 20.8. The molecule has 0 spiro atoms. The molecule has 154 valence electrons. The standard InChI is InChI=1S/C24H29FN2O2/c1-5-27(6-2)13-7-8-18-15-21-19(16-24(18)28-4)22(11-12-26-21)29-23-10-9-17(3)14-20(23)25/h9-12,14-16H,5-8,13H2,1-4H3. The Labute approximate surface area is 172 Å². The summed E-state index contributed by atoms with van der Waals surface area (Å²) in [7, 11) is 1.67. The van der Waals surface area contributed by atoms with Crippen molar-refractivity contribution < 1.29 is 13.9 Å². The van der Waals surface area contributed by atoms with Crippen LogP contribution in [0.5, 0.6) is 17.2 Å². The quantitative estimate of drug-likeness (QED) is 0.461. The predicted molar refractivity (Wildman–Crippen MR) is 116 cm³/mol. The van der Waals surface area contributed by atoms with Crippen LogP contribution in [-0.2, 0) is 6.42 Å². The summed E-state index contributed by atoms with van der Waals surface area (Å²) in [6.45, 7) is 9.38. The van der Waals surface area contributed by atoms with Gasteiger partial charge >= 0.3 is 0 Å². The van der Waals surface area contributed by atoms with Crippen molar-refractivity contribution in [1.82, 2.24) is 9.88 Å². The van der Waals surface area contributed by atoms with E-state index in [0.29, 0.717) is 5.75 Å². The van der Waals surface area contributed by atoms with Gasteiger partial charge in [0.2, 0.25) is 0 Å². The van der Waals surface area contributed by atoms with Crippen LogP contribution in [0.4, 0.5) is 4.39 Å². The molecule has 1 heterocycles. The van der Waals surface area contributed by atoms with Crippen molar-refractivity contribution in [2.45, 2.75) is 33.6 Å². The van der Waals surface area contributed by atoms with Crippen LogP contribution in [-0.4, -0.2) is 36.6 Å². The van der Waals surface area contributed by atoms with E-state index in [9.17, 15) is 4.39 Å². The summed E-state index contributed by atoms with van der Waals surface area (Å²) in [5.74, 6) is 1.19. The normalized spacial score (nSPS) is 11.2.